The number of benzene rings is 1. The van der Waals surface area contributed by atoms with E-state index in [2.05, 4.69) is 26.1 Å². The first-order valence-corrected chi connectivity index (χ1v) is 11.2. The van der Waals surface area contributed by atoms with Crippen LogP contribution in [0.1, 0.15) is 45.2 Å². The molecule has 1 amide bonds. The predicted molar refractivity (Wildman–Crippen MR) is 115 cm³/mol. The summed E-state index contributed by atoms with van der Waals surface area (Å²) in [4.78, 5) is 22.4. The number of carbonyl (C=O) groups excluding carboxylic acids is 1. The fourth-order valence-corrected chi connectivity index (χ4v) is 4.66. The number of ether oxygens (including phenoxy) is 2. The lowest BCUT2D eigenvalue weighted by Crippen LogP contribution is -2.18. The predicted octanol–water partition coefficient (Wildman–Crippen LogP) is 3.69. The average molecular weight is 432 g/mol. The summed E-state index contributed by atoms with van der Waals surface area (Å²) in [5.74, 6) is 1.08. The molecule has 1 aromatic carbocycles. The highest BCUT2D eigenvalue weighted by Gasteiger charge is 2.25. The molecule has 1 unspecified atom stereocenters. The summed E-state index contributed by atoms with van der Waals surface area (Å²) in [6.45, 7) is 6.53. The molecule has 0 aromatic heterocycles. The Balaban J connectivity index is 2.93. The Morgan fingerprint density at radius 2 is 2.04 bits per heavy atom. The molecule has 0 saturated carbocycles. The first-order chi connectivity index (χ1) is 13.1. The SMILES string of the molecule is CNC(=O)CCCOc1cc([N+](=O)[O-])c(C(N)CSSC(C)(C)C)cc1OC. The molecule has 0 aliphatic rings. The van der Waals surface area contributed by atoms with Gasteiger partial charge in [-0.2, -0.15) is 0 Å². The maximum atomic E-state index is 11.6. The molecule has 0 bridgehead atoms. The molecule has 1 rings (SSSR count). The summed E-state index contributed by atoms with van der Waals surface area (Å²) in [5, 5.41) is 14.1. The third-order valence-electron chi connectivity index (χ3n) is 3.55. The molecule has 0 radical (unpaired) electrons. The van der Waals surface area contributed by atoms with Crippen molar-refractivity contribution in [1.82, 2.24) is 5.32 Å². The van der Waals surface area contributed by atoms with Crippen molar-refractivity contribution >= 4 is 33.2 Å². The van der Waals surface area contributed by atoms with Gasteiger partial charge in [-0.15, -0.1) is 0 Å². The maximum absolute atomic E-state index is 11.6. The van der Waals surface area contributed by atoms with E-state index in [1.54, 1.807) is 34.7 Å². The lowest BCUT2D eigenvalue weighted by molar-refractivity contribution is -0.385. The zero-order valence-electron chi connectivity index (χ0n) is 16.9. The topological polar surface area (TPSA) is 117 Å². The summed E-state index contributed by atoms with van der Waals surface area (Å²) in [7, 11) is 6.30. The van der Waals surface area contributed by atoms with Gasteiger partial charge in [0.1, 0.15) is 0 Å². The molecule has 0 aliphatic carbocycles. The van der Waals surface area contributed by atoms with E-state index >= 15 is 0 Å². The molecular formula is C18H29N3O5S2. The smallest absolute Gasteiger partial charge is 0.278 e. The second-order valence-corrected chi connectivity index (χ2v) is 10.2. The minimum Gasteiger partial charge on any atom is -0.493 e. The molecule has 0 fully saturated rings. The summed E-state index contributed by atoms with van der Waals surface area (Å²) >= 11 is 0. The van der Waals surface area contributed by atoms with E-state index in [1.807, 2.05) is 0 Å². The fourth-order valence-electron chi connectivity index (χ4n) is 2.21. The van der Waals surface area contributed by atoms with Crippen molar-refractivity contribution in [1.29, 1.82) is 0 Å². The van der Waals surface area contributed by atoms with E-state index in [0.29, 0.717) is 29.9 Å². The molecule has 28 heavy (non-hydrogen) atoms. The minimum atomic E-state index is -0.517. The fraction of sp³-hybridized carbons (Fsp3) is 0.611. The molecular weight excluding hydrogens is 402 g/mol. The molecule has 0 aliphatic heterocycles. The summed E-state index contributed by atoms with van der Waals surface area (Å²) in [6.07, 6.45) is 0.797. The molecule has 8 nitrogen and oxygen atoms in total. The number of carbonyl (C=O) groups is 1. The molecule has 0 saturated heterocycles. The highest BCUT2D eigenvalue weighted by molar-refractivity contribution is 8.77. The molecule has 10 heteroatoms. The van der Waals surface area contributed by atoms with Crippen LogP contribution in [0.4, 0.5) is 5.69 Å². The monoisotopic (exact) mass is 431 g/mol. The first-order valence-electron chi connectivity index (χ1n) is 8.85. The van der Waals surface area contributed by atoms with Gasteiger partial charge in [-0.25, -0.2) is 0 Å². The van der Waals surface area contributed by atoms with Crippen molar-refractivity contribution in [3.05, 3.63) is 27.8 Å². The molecule has 1 aromatic rings. The largest absolute Gasteiger partial charge is 0.493 e. The van der Waals surface area contributed by atoms with Gasteiger partial charge in [0.2, 0.25) is 5.91 Å². The van der Waals surface area contributed by atoms with Gasteiger partial charge in [-0.05, 0) is 12.5 Å². The normalized spacial score (nSPS) is 12.4. The van der Waals surface area contributed by atoms with Crippen molar-refractivity contribution in [3.8, 4) is 11.5 Å². The molecule has 3 N–H and O–H groups in total. The molecule has 0 spiro atoms. The minimum absolute atomic E-state index is 0.0698. The Kier molecular flexibility index (Phi) is 9.91. The summed E-state index contributed by atoms with van der Waals surface area (Å²) in [5.41, 5.74) is 6.53. The van der Waals surface area contributed by atoms with Gasteiger partial charge in [-0.1, -0.05) is 42.4 Å². The van der Waals surface area contributed by atoms with E-state index in [9.17, 15) is 14.9 Å². The van der Waals surface area contributed by atoms with Crippen LogP contribution in [0.25, 0.3) is 0 Å². The highest BCUT2D eigenvalue weighted by Crippen LogP contribution is 2.41. The Morgan fingerprint density at radius 1 is 1.36 bits per heavy atom. The Labute approximate surface area is 173 Å². The van der Waals surface area contributed by atoms with E-state index in [0.717, 1.165) is 0 Å². The maximum Gasteiger partial charge on any atom is 0.278 e. The van der Waals surface area contributed by atoms with Gasteiger partial charge in [-0.3, -0.25) is 14.9 Å². The number of methoxy groups -OCH3 is 1. The van der Waals surface area contributed by atoms with Crippen LogP contribution in [0, 0.1) is 10.1 Å². The number of hydrogen-bond donors (Lipinski definition) is 2. The van der Waals surface area contributed by atoms with Gasteiger partial charge in [0.05, 0.1) is 30.3 Å². The van der Waals surface area contributed by atoms with Crippen LogP contribution in [0.3, 0.4) is 0 Å². The van der Waals surface area contributed by atoms with Crippen molar-refractivity contribution in [2.75, 3.05) is 26.5 Å². The van der Waals surface area contributed by atoms with Crippen molar-refractivity contribution in [2.24, 2.45) is 5.73 Å². The Hall–Kier alpha value is -1.65. The number of nitro benzene ring substituents is 1. The van der Waals surface area contributed by atoms with E-state index in [4.69, 9.17) is 15.2 Å². The number of nitro groups is 1. The van der Waals surface area contributed by atoms with Crippen LogP contribution in [-0.2, 0) is 4.79 Å². The number of nitrogens with one attached hydrogen (secondary N) is 1. The zero-order chi connectivity index (χ0) is 21.3. The average Bonchev–Trinajstić information content (AvgIpc) is 2.62. The van der Waals surface area contributed by atoms with Crippen LogP contribution in [0.2, 0.25) is 0 Å². The first kappa shape index (κ1) is 24.4. The number of nitrogens with zero attached hydrogens (tertiary/aromatic N) is 1. The second kappa shape index (κ2) is 11.4. The van der Waals surface area contributed by atoms with Crippen LogP contribution in [0.15, 0.2) is 12.1 Å². The number of nitrogens with two attached hydrogens (primary N) is 1. The Bertz CT molecular complexity index is 680. The third-order valence-corrected chi connectivity index (χ3v) is 6.93. The number of amides is 1. The highest BCUT2D eigenvalue weighted by atomic mass is 33.1. The quantitative estimate of drug-likeness (QED) is 0.236. The van der Waals surface area contributed by atoms with Crippen LogP contribution >= 0.6 is 21.6 Å². The van der Waals surface area contributed by atoms with E-state index in [1.165, 1.54) is 13.2 Å². The third kappa shape index (κ3) is 8.15. The van der Waals surface area contributed by atoms with Crippen LogP contribution in [0.5, 0.6) is 11.5 Å². The lowest BCUT2D eigenvalue weighted by atomic mass is 10.1. The zero-order valence-corrected chi connectivity index (χ0v) is 18.6. The Morgan fingerprint density at radius 3 is 2.57 bits per heavy atom. The van der Waals surface area contributed by atoms with Crippen molar-refractivity contribution in [3.63, 3.8) is 0 Å². The van der Waals surface area contributed by atoms with Crippen LogP contribution < -0.4 is 20.5 Å². The number of hydrogen-bond acceptors (Lipinski definition) is 8. The molecule has 158 valence electrons. The van der Waals surface area contributed by atoms with Gasteiger partial charge in [0.25, 0.3) is 5.69 Å². The molecule has 1 atom stereocenters. The standard InChI is InChI=1S/C18H29N3O5S2/c1-18(2,3)28-27-11-13(19)12-9-15(25-5)16(10-14(12)21(23)24)26-8-6-7-17(22)20-4/h9-10,13H,6-8,11,19H2,1-5H3,(H,20,22). The summed E-state index contributed by atoms with van der Waals surface area (Å²) in [6, 6.07) is 2.39. The molecule has 0 heterocycles. The van der Waals surface area contributed by atoms with E-state index < -0.39 is 11.0 Å². The number of rotatable bonds is 11. The van der Waals surface area contributed by atoms with Gasteiger partial charge in [0.15, 0.2) is 11.5 Å². The summed E-state index contributed by atoms with van der Waals surface area (Å²) < 4.78 is 11.0. The van der Waals surface area contributed by atoms with E-state index in [-0.39, 0.29) is 28.7 Å². The lowest BCUT2D eigenvalue weighted by Gasteiger charge is -2.19. The second-order valence-electron chi connectivity index (χ2n) is 7.03. The van der Waals surface area contributed by atoms with Crippen LogP contribution in [-0.4, -0.2) is 42.1 Å². The van der Waals surface area contributed by atoms with Crippen molar-refractivity contribution < 1.29 is 19.2 Å². The van der Waals surface area contributed by atoms with Crippen molar-refractivity contribution in [2.45, 2.75) is 44.4 Å². The van der Waals surface area contributed by atoms with Gasteiger partial charge in [0, 0.05) is 30.0 Å². The van der Waals surface area contributed by atoms with Gasteiger partial charge < -0.3 is 20.5 Å². The van der Waals surface area contributed by atoms with Gasteiger partial charge >= 0.3 is 0 Å².